The third kappa shape index (κ3) is 2.15. The third-order valence-electron chi connectivity index (χ3n) is 5.90. The summed E-state index contributed by atoms with van der Waals surface area (Å²) in [6.07, 6.45) is 7.91. The second kappa shape index (κ2) is 5.26. The molecule has 112 valence electrons. The Balaban J connectivity index is 1.96. The fourth-order valence-corrected chi connectivity index (χ4v) is 5.10. The molecule has 0 spiro atoms. The van der Waals surface area contributed by atoms with Crippen LogP contribution in [0.5, 0.6) is 0 Å². The number of nitrogens with two attached hydrogens (primary N) is 1. The van der Waals surface area contributed by atoms with Gasteiger partial charge >= 0.3 is 0 Å². The molecule has 0 saturated heterocycles. The van der Waals surface area contributed by atoms with E-state index in [2.05, 4.69) is 17.5 Å². The van der Waals surface area contributed by atoms with Crippen LogP contribution in [0.3, 0.4) is 0 Å². The van der Waals surface area contributed by atoms with E-state index < -0.39 is 5.60 Å². The van der Waals surface area contributed by atoms with Crippen LogP contribution < -0.4 is 11.2 Å². The summed E-state index contributed by atoms with van der Waals surface area (Å²) < 4.78 is 0. The zero-order valence-electron chi connectivity index (χ0n) is 12.1. The van der Waals surface area contributed by atoms with Gasteiger partial charge in [0.1, 0.15) is 0 Å². The molecule has 0 heterocycles. The van der Waals surface area contributed by atoms with Crippen molar-refractivity contribution in [3.8, 4) is 0 Å². The first kappa shape index (κ1) is 14.3. The standard InChI is InChI=1S/C15H25N3OS/c1-9-10-5-4-7-12(13(10)17-18-14(16)20)15(19)8-3-2-6-11(9)15/h9-12,19H,2-8H2,1H3,(H3,16,18,20)/b17-13-/t9-,10-,11-,12+,15+/m1/s1. The van der Waals surface area contributed by atoms with Crippen molar-refractivity contribution in [2.45, 2.75) is 57.5 Å². The van der Waals surface area contributed by atoms with E-state index in [4.69, 9.17) is 18.0 Å². The van der Waals surface area contributed by atoms with Gasteiger partial charge in [-0.2, -0.15) is 5.10 Å². The predicted octanol–water partition coefficient (Wildman–Crippen LogP) is 2.16. The summed E-state index contributed by atoms with van der Waals surface area (Å²) in [6, 6.07) is 0. The quantitative estimate of drug-likeness (QED) is 0.512. The van der Waals surface area contributed by atoms with Gasteiger partial charge in [-0.25, -0.2) is 0 Å². The van der Waals surface area contributed by atoms with E-state index in [0.717, 1.165) is 25.0 Å². The molecule has 3 rings (SSSR count). The van der Waals surface area contributed by atoms with Gasteiger partial charge < -0.3 is 10.8 Å². The van der Waals surface area contributed by atoms with E-state index >= 15 is 0 Å². The van der Waals surface area contributed by atoms with Crippen LogP contribution in [0.2, 0.25) is 0 Å². The van der Waals surface area contributed by atoms with Crippen LogP contribution in [0, 0.1) is 23.7 Å². The smallest absolute Gasteiger partial charge is 0.184 e. The van der Waals surface area contributed by atoms with Crippen LogP contribution in [0.4, 0.5) is 0 Å². The highest BCUT2D eigenvalue weighted by Gasteiger charge is 2.57. The number of rotatable bonds is 1. The minimum atomic E-state index is -0.550. The third-order valence-corrected chi connectivity index (χ3v) is 5.99. The largest absolute Gasteiger partial charge is 0.389 e. The fraction of sp³-hybridized carbons (Fsp3) is 0.867. The number of thiocarbonyl (C=S) groups is 1. The molecule has 0 aliphatic heterocycles. The summed E-state index contributed by atoms with van der Waals surface area (Å²) in [6.45, 7) is 2.30. The lowest BCUT2D eigenvalue weighted by atomic mass is 9.51. The Kier molecular flexibility index (Phi) is 3.75. The Morgan fingerprint density at radius 1 is 1.35 bits per heavy atom. The summed E-state index contributed by atoms with van der Waals surface area (Å²) >= 11 is 4.86. The zero-order chi connectivity index (χ0) is 14.3. The van der Waals surface area contributed by atoms with Gasteiger partial charge in [-0.1, -0.05) is 26.2 Å². The summed E-state index contributed by atoms with van der Waals surface area (Å²) in [5.74, 6) is 1.63. The van der Waals surface area contributed by atoms with Crippen LogP contribution in [0.15, 0.2) is 5.10 Å². The molecule has 3 aliphatic rings. The summed E-state index contributed by atoms with van der Waals surface area (Å²) in [5, 5.41) is 16.0. The van der Waals surface area contributed by atoms with Gasteiger partial charge in [0, 0.05) is 17.5 Å². The Hall–Kier alpha value is -0.680. The fourth-order valence-electron chi connectivity index (χ4n) is 5.05. The highest BCUT2D eigenvalue weighted by molar-refractivity contribution is 7.80. The van der Waals surface area contributed by atoms with Crippen LogP contribution in [0.25, 0.3) is 0 Å². The molecule has 4 nitrogen and oxygen atoms in total. The number of nitrogens with one attached hydrogen (secondary N) is 1. The van der Waals surface area contributed by atoms with Crippen molar-refractivity contribution >= 4 is 23.0 Å². The van der Waals surface area contributed by atoms with Crippen molar-refractivity contribution in [3.05, 3.63) is 0 Å². The van der Waals surface area contributed by atoms with Crippen molar-refractivity contribution in [1.82, 2.24) is 5.43 Å². The van der Waals surface area contributed by atoms with Crippen LogP contribution in [-0.2, 0) is 0 Å². The first-order valence-corrected chi connectivity index (χ1v) is 8.30. The number of nitrogens with zero attached hydrogens (tertiary/aromatic N) is 1. The number of hydrogen-bond donors (Lipinski definition) is 3. The maximum absolute atomic E-state index is 11.3. The highest BCUT2D eigenvalue weighted by atomic mass is 32.1. The molecule has 5 heteroatoms. The monoisotopic (exact) mass is 295 g/mol. The Morgan fingerprint density at radius 2 is 2.15 bits per heavy atom. The molecule has 0 unspecified atom stereocenters. The number of hydrazone groups is 1. The molecule has 3 saturated carbocycles. The SMILES string of the molecule is C[C@H]1[C@H]2CCCC[C@@]2(O)[C@H]2CCC[C@H]1/C2=N/NC(N)=S. The van der Waals surface area contributed by atoms with Crippen molar-refractivity contribution in [1.29, 1.82) is 0 Å². The maximum atomic E-state index is 11.3. The van der Waals surface area contributed by atoms with Crippen LogP contribution in [-0.4, -0.2) is 21.5 Å². The highest BCUT2D eigenvalue weighted by Crippen LogP contribution is 2.55. The minimum Gasteiger partial charge on any atom is -0.389 e. The molecule has 2 bridgehead atoms. The number of hydrogen-bond acceptors (Lipinski definition) is 3. The second-order valence-electron chi connectivity index (χ2n) is 6.81. The maximum Gasteiger partial charge on any atom is 0.184 e. The molecule has 3 aliphatic carbocycles. The van der Waals surface area contributed by atoms with Crippen molar-refractivity contribution in [2.24, 2.45) is 34.5 Å². The van der Waals surface area contributed by atoms with Crippen molar-refractivity contribution < 1.29 is 5.11 Å². The van der Waals surface area contributed by atoms with E-state index in [-0.39, 0.29) is 11.0 Å². The van der Waals surface area contributed by atoms with E-state index in [1.165, 1.54) is 25.7 Å². The Morgan fingerprint density at radius 3 is 2.90 bits per heavy atom. The second-order valence-corrected chi connectivity index (χ2v) is 7.25. The van der Waals surface area contributed by atoms with Gasteiger partial charge in [0.15, 0.2) is 5.11 Å². The molecule has 0 aromatic carbocycles. The molecule has 0 aromatic rings. The first-order chi connectivity index (χ1) is 9.54. The lowest BCUT2D eigenvalue weighted by molar-refractivity contribution is -0.122. The van der Waals surface area contributed by atoms with Gasteiger partial charge in [-0.15, -0.1) is 0 Å². The average molecular weight is 295 g/mol. The van der Waals surface area contributed by atoms with Crippen LogP contribution in [0.1, 0.15) is 51.9 Å². The Bertz CT molecular complexity index is 439. The molecule has 5 atom stereocenters. The topological polar surface area (TPSA) is 70.6 Å². The Labute approximate surface area is 126 Å². The van der Waals surface area contributed by atoms with Gasteiger partial charge in [0.25, 0.3) is 0 Å². The molecule has 0 aromatic heterocycles. The van der Waals surface area contributed by atoms with Gasteiger partial charge in [0.05, 0.1) is 5.60 Å². The normalized spacial score (nSPS) is 45.8. The molecule has 3 fully saturated rings. The van der Waals surface area contributed by atoms with E-state index in [0.29, 0.717) is 17.8 Å². The van der Waals surface area contributed by atoms with Gasteiger partial charge in [-0.05, 0) is 49.7 Å². The molecule has 0 amide bonds. The van der Waals surface area contributed by atoms with Crippen molar-refractivity contribution in [2.75, 3.05) is 0 Å². The number of aliphatic hydroxyl groups is 1. The zero-order valence-corrected chi connectivity index (χ0v) is 13.0. The summed E-state index contributed by atoms with van der Waals surface area (Å²) in [5.41, 5.74) is 8.85. The lowest BCUT2D eigenvalue weighted by Crippen LogP contribution is -2.61. The van der Waals surface area contributed by atoms with Gasteiger partial charge in [-0.3, -0.25) is 5.43 Å². The lowest BCUT2D eigenvalue weighted by Gasteiger charge is -2.57. The van der Waals surface area contributed by atoms with Crippen molar-refractivity contribution in [3.63, 3.8) is 0 Å². The van der Waals surface area contributed by atoms with E-state index in [9.17, 15) is 5.11 Å². The first-order valence-electron chi connectivity index (χ1n) is 7.89. The molecule has 20 heavy (non-hydrogen) atoms. The number of fused-ring (bicyclic) bond motifs is 4. The minimum absolute atomic E-state index is 0.199. The molecule has 4 N–H and O–H groups in total. The summed E-state index contributed by atoms with van der Waals surface area (Å²) in [4.78, 5) is 0. The molecular weight excluding hydrogens is 270 g/mol. The predicted molar refractivity (Wildman–Crippen MR) is 84.3 cm³/mol. The molecule has 0 radical (unpaired) electrons. The van der Waals surface area contributed by atoms with E-state index in [1.807, 2.05) is 0 Å². The van der Waals surface area contributed by atoms with Crippen LogP contribution >= 0.6 is 12.2 Å². The van der Waals surface area contributed by atoms with E-state index in [1.54, 1.807) is 0 Å². The summed E-state index contributed by atoms with van der Waals surface area (Å²) in [7, 11) is 0. The average Bonchev–Trinajstić information content (AvgIpc) is 2.43. The molecular formula is C15H25N3OS. The van der Waals surface area contributed by atoms with Gasteiger partial charge in [0.2, 0.25) is 0 Å².